The summed E-state index contributed by atoms with van der Waals surface area (Å²) < 4.78 is 1.77. The van der Waals surface area contributed by atoms with E-state index in [-0.39, 0.29) is 5.56 Å². The van der Waals surface area contributed by atoms with Crippen molar-refractivity contribution >= 4 is 33.0 Å². The van der Waals surface area contributed by atoms with Gasteiger partial charge in [0.1, 0.15) is 4.47 Å². The molecule has 0 aliphatic carbocycles. The second-order valence-corrected chi connectivity index (χ2v) is 4.89. The van der Waals surface area contributed by atoms with Gasteiger partial charge in [0.15, 0.2) is 0 Å². The van der Waals surface area contributed by atoms with Gasteiger partial charge < -0.3 is 5.32 Å². The predicted octanol–water partition coefficient (Wildman–Crippen LogP) is 1.61. The standard InChI is InChI=1S/C9H9BrN4OS/c1-14-9(15)8(10)7(4-13-14)12-3-6-2-11-5-16-6/h2,4-5,12H,3H2,1H3. The Labute approximate surface area is 104 Å². The molecule has 0 aliphatic rings. The van der Waals surface area contributed by atoms with Gasteiger partial charge in [-0.3, -0.25) is 9.78 Å². The number of nitrogens with zero attached hydrogens (tertiary/aromatic N) is 3. The van der Waals surface area contributed by atoms with Crippen LogP contribution in [0.5, 0.6) is 0 Å². The molecule has 0 unspecified atom stereocenters. The number of hydrogen-bond acceptors (Lipinski definition) is 5. The van der Waals surface area contributed by atoms with Crippen molar-refractivity contribution in [2.45, 2.75) is 6.54 Å². The molecule has 0 radical (unpaired) electrons. The van der Waals surface area contributed by atoms with E-state index < -0.39 is 0 Å². The fourth-order valence-corrected chi connectivity index (χ4v) is 2.18. The van der Waals surface area contributed by atoms with Crippen LogP contribution in [-0.2, 0) is 13.6 Å². The average Bonchev–Trinajstić information content (AvgIpc) is 2.78. The number of hydrogen-bond donors (Lipinski definition) is 1. The van der Waals surface area contributed by atoms with Crippen molar-refractivity contribution in [1.29, 1.82) is 0 Å². The summed E-state index contributed by atoms with van der Waals surface area (Å²) in [6, 6.07) is 0. The first-order chi connectivity index (χ1) is 7.68. The van der Waals surface area contributed by atoms with Gasteiger partial charge in [-0.25, -0.2) is 4.68 Å². The third kappa shape index (κ3) is 2.30. The highest BCUT2D eigenvalue weighted by Gasteiger charge is 2.06. The molecule has 0 aromatic carbocycles. The van der Waals surface area contributed by atoms with Gasteiger partial charge in [-0.2, -0.15) is 5.10 Å². The molecule has 84 valence electrons. The topological polar surface area (TPSA) is 59.8 Å². The van der Waals surface area contributed by atoms with Crippen molar-refractivity contribution in [3.8, 4) is 0 Å². The fourth-order valence-electron chi connectivity index (χ4n) is 1.15. The summed E-state index contributed by atoms with van der Waals surface area (Å²) >= 11 is 4.81. The Morgan fingerprint density at radius 2 is 2.38 bits per heavy atom. The zero-order chi connectivity index (χ0) is 11.5. The highest BCUT2D eigenvalue weighted by Crippen LogP contribution is 2.17. The summed E-state index contributed by atoms with van der Waals surface area (Å²) in [4.78, 5) is 16.6. The SMILES string of the molecule is Cn1ncc(NCc2cncs2)c(Br)c1=O. The Morgan fingerprint density at radius 1 is 1.56 bits per heavy atom. The van der Waals surface area contributed by atoms with Gasteiger partial charge in [0.2, 0.25) is 0 Å². The van der Waals surface area contributed by atoms with Crippen molar-refractivity contribution < 1.29 is 0 Å². The second kappa shape index (κ2) is 4.75. The Hall–Kier alpha value is -1.21. The largest absolute Gasteiger partial charge is 0.378 e. The van der Waals surface area contributed by atoms with Crippen LogP contribution in [0.4, 0.5) is 5.69 Å². The molecule has 2 rings (SSSR count). The van der Waals surface area contributed by atoms with Crippen molar-refractivity contribution in [3.63, 3.8) is 0 Å². The summed E-state index contributed by atoms with van der Waals surface area (Å²) in [5.74, 6) is 0. The number of rotatable bonds is 3. The van der Waals surface area contributed by atoms with Gasteiger partial charge in [-0.05, 0) is 15.9 Å². The van der Waals surface area contributed by atoms with Crippen molar-refractivity contribution in [2.75, 3.05) is 5.32 Å². The Bertz CT molecular complexity index is 537. The first-order valence-corrected chi connectivity index (χ1v) is 6.19. The van der Waals surface area contributed by atoms with E-state index in [1.807, 2.05) is 0 Å². The lowest BCUT2D eigenvalue weighted by atomic mass is 10.4. The summed E-state index contributed by atoms with van der Waals surface area (Å²) in [7, 11) is 1.61. The number of aryl methyl sites for hydroxylation is 1. The maximum Gasteiger partial charge on any atom is 0.282 e. The van der Waals surface area contributed by atoms with Crippen LogP contribution in [0.2, 0.25) is 0 Å². The molecular formula is C9H9BrN4OS. The monoisotopic (exact) mass is 300 g/mol. The Kier molecular flexibility index (Phi) is 3.35. The predicted molar refractivity (Wildman–Crippen MR) is 66.6 cm³/mol. The normalized spacial score (nSPS) is 10.4. The Balaban J connectivity index is 2.16. The molecule has 2 aromatic rings. The minimum atomic E-state index is -0.158. The van der Waals surface area contributed by atoms with Crippen molar-refractivity contribution in [2.24, 2.45) is 7.05 Å². The first kappa shape index (κ1) is 11.3. The molecule has 2 heterocycles. The average molecular weight is 301 g/mol. The molecule has 0 bridgehead atoms. The molecule has 5 nitrogen and oxygen atoms in total. The summed E-state index contributed by atoms with van der Waals surface area (Å²) in [5.41, 5.74) is 2.31. The van der Waals surface area contributed by atoms with E-state index in [0.29, 0.717) is 16.7 Å². The van der Waals surface area contributed by atoms with Crippen LogP contribution in [0.1, 0.15) is 4.88 Å². The first-order valence-electron chi connectivity index (χ1n) is 4.51. The van der Waals surface area contributed by atoms with Crippen LogP contribution >= 0.6 is 27.3 Å². The maximum absolute atomic E-state index is 11.6. The lowest BCUT2D eigenvalue weighted by Gasteiger charge is -2.06. The van der Waals surface area contributed by atoms with Crippen molar-refractivity contribution in [1.82, 2.24) is 14.8 Å². The van der Waals surface area contributed by atoms with Gasteiger partial charge in [0.25, 0.3) is 5.56 Å². The van der Waals surface area contributed by atoms with Crippen LogP contribution in [0.25, 0.3) is 0 Å². The minimum absolute atomic E-state index is 0.158. The zero-order valence-electron chi connectivity index (χ0n) is 8.48. The van der Waals surface area contributed by atoms with E-state index >= 15 is 0 Å². The molecule has 0 saturated carbocycles. The van der Waals surface area contributed by atoms with Crippen molar-refractivity contribution in [3.05, 3.63) is 37.6 Å². The third-order valence-electron chi connectivity index (χ3n) is 2.01. The molecular weight excluding hydrogens is 292 g/mol. The third-order valence-corrected chi connectivity index (χ3v) is 3.56. The molecule has 1 N–H and O–H groups in total. The molecule has 0 spiro atoms. The summed E-state index contributed by atoms with van der Waals surface area (Å²) in [6.45, 7) is 0.637. The molecule has 16 heavy (non-hydrogen) atoms. The van der Waals surface area contributed by atoms with Crippen LogP contribution in [0, 0.1) is 0 Å². The fraction of sp³-hybridized carbons (Fsp3) is 0.222. The van der Waals surface area contributed by atoms with E-state index in [4.69, 9.17) is 0 Å². The number of anilines is 1. The van der Waals surface area contributed by atoms with Gasteiger partial charge >= 0.3 is 0 Å². The van der Waals surface area contributed by atoms with Crippen LogP contribution in [0.3, 0.4) is 0 Å². The molecule has 0 fully saturated rings. The van der Waals surface area contributed by atoms with Crippen LogP contribution in [-0.4, -0.2) is 14.8 Å². The van der Waals surface area contributed by atoms with E-state index in [9.17, 15) is 4.79 Å². The smallest absolute Gasteiger partial charge is 0.282 e. The lowest BCUT2D eigenvalue weighted by molar-refractivity contribution is 0.703. The van der Waals surface area contributed by atoms with Gasteiger partial charge in [0, 0.05) is 18.1 Å². The molecule has 0 aliphatic heterocycles. The maximum atomic E-state index is 11.6. The number of aromatic nitrogens is 3. The second-order valence-electron chi connectivity index (χ2n) is 3.12. The van der Waals surface area contributed by atoms with E-state index in [1.54, 1.807) is 36.3 Å². The molecule has 0 atom stereocenters. The number of nitrogens with one attached hydrogen (secondary N) is 1. The number of thiazole rings is 1. The minimum Gasteiger partial charge on any atom is -0.378 e. The molecule has 0 saturated heterocycles. The number of halogens is 1. The zero-order valence-corrected chi connectivity index (χ0v) is 10.9. The van der Waals surface area contributed by atoms with E-state index in [0.717, 1.165) is 4.88 Å². The summed E-state index contributed by atoms with van der Waals surface area (Å²) in [6.07, 6.45) is 3.41. The highest BCUT2D eigenvalue weighted by atomic mass is 79.9. The highest BCUT2D eigenvalue weighted by molar-refractivity contribution is 9.10. The molecule has 7 heteroatoms. The van der Waals surface area contributed by atoms with Gasteiger partial charge in [-0.15, -0.1) is 11.3 Å². The van der Waals surface area contributed by atoms with Crippen LogP contribution in [0.15, 0.2) is 27.2 Å². The van der Waals surface area contributed by atoms with Gasteiger partial charge in [-0.1, -0.05) is 0 Å². The summed E-state index contributed by atoms with van der Waals surface area (Å²) in [5, 5.41) is 7.07. The van der Waals surface area contributed by atoms with E-state index in [2.05, 4.69) is 31.3 Å². The Morgan fingerprint density at radius 3 is 3.06 bits per heavy atom. The van der Waals surface area contributed by atoms with E-state index in [1.165, 1.54) is 4.68 Å². The lowest BCUT2D eigenvalue weighted by Crippen LogP contribution is -2.21. The molecule has 0 amide bonds. The van der Waals surface area contributed by atoms with Crippen LogP contribution < -0.4 is 10.9 Å². The van der Waals surface area contributed by atoms with Gasteiger partial charge in [0.05, 0.1) is 23.9 Å². The molecule has 2 aromatic heterocycles. The quantitative estimate of drug-likeness (QED) is 0.935.